The van der Waals surface area contributed by atoms with Crippen LogP contribution in [0.5, 0.6) is 0 Å². The van der Waals surface area contributed by atoms with Crippen LogP contribution in [0.15, 0.2) is 182 Å². The Kier molecular flexibility index (Phi) is 4.94. The van der Waals surface area contributed by atoms with Gasteiger partial charge in [-0.2, -0.15) is 0 Å². The van der Waals surface area contributed by atoms with Crippen LogP contribution in [0.25, 0.3) is 65.7 Å². The molecule has 0 saturated heterocycles. The summed E-state index contributed by atoms with van der Waals surface area (Å²) >= 11 is 0. The molecule has 230 valence electrons. The van der Waals surface area contributed by atoms with Crippen LogP contribution in [-0.4, -0.2) is 0 Å². The van der Waals surface area contributed by atoms with Crippen LogP contribution in [0.4, 0.5) is 0 Å². The van der Waals surface area contributed by atoms with Crippen molar-refractivity contribution in [3.63, 3.8) is 0 Å². The standard InChI is InChI=1S/C50H30/c1-4-13-31(14-5-1)34-25-28-43-46-37(34)19-10-22-40(46)49-41-23-11-20-38-35(32-15-6-2-7-16-32)26-29-44(47(38)41)50(43,49)45-30-27-36(33-17-8-3-9-18-33)39-21-12-24-42(49)48(39)45/h1-30H. The van der Waals surface area contributed by atoms with Gasteiger partial charge in [-0.25, -0.2) is 0 Å². The molecule has 3 aliphatic carbocycles. The maximum Gasteiger partial charge on any atom is 0.0648 e. The zero-order chi connectivity index (χ0) is 32.6. The lowest BCUT2D eigenvalue weighted by atomic mass is 9.59. The van der Waals surface area contributed by atoms with Crippen molar-refractivity contribution in [3.05, 3.63) is 215 Å². The van der Waals surface area contributed by atoms with Crippen molar-refractivity contribution in [2.75, 3.05) is 0 Å². The minimum atomic E-state index is -0.404. The Morgan fingerprint density at radius 3 is 0.800 bits per heavy atom. The Balaban J connectivity index is 1.28. The second-order valence-electron chi connectivity index (χ2n) is 14.3. The van der Waals surface area contributed by atoms with Gasteiger partial charge in [-0.15, -0.1) is 0 Å². The van der Waals surface area contributed by atoms with E-state index in [0.717, 1.165) is 0 Å². The SMILES string of the molecule is c1ccc(-c2ccc3c4c(cccc24)C24c5cccc6c(-c7ccccc7)ccc(c56)C32c2ccc(-c3ccccc3)c3cccc4c23)cc1. The fourth-order valence-corrected chi connectivity index (χ4v) is 10.8. The number of hydrogen-bond acceptors (Lipinski definition) is 0. The Morgan fingerprint density at radius 1 is 0.220 bits per heavy atom. The summed E-state index contributed by atoms with van der Waals surface area (Å²) < 4.78 is 0. The van der Waals surface area contributed by atoms with E-state index >= 15 is 0 Å². The van der Waals surface area contributed by atoms with Gasteiger partial charge >= 0.3 is 0 Å². The van der Waals surface area contributed by atoms with Crippen molar-refractivity contribution >= 4 is 32.3 Å². The zero-order valence-electron chi connectivity index (χ0n) is 27.3. The molecule has 50 heavy (non-hydrogen) atoms. The first kappa shape index (κ1) is 26.7. The lowest BCUT2D eigenvalue weighted by Gasteiger charge is -2.40. The maximum atomic E-state index is 2.49. The molecule has 0 aromatic heterocycles. The van der Waals surface area contributed by atoms with Crippen LogP contribution in [0.1, 0.15) is 33.4 Å². The first-order valence-corrected chi connectivity index (χ1v) is 17.7. The summed E-state index contributed by atoms with van der Waals surface area (Å²) in [5.74, 6) is 0. The van der Waals surface area contributed by atoms with Gasteiger partial charge in [-0.05, 0) is 99.1 Å². The molecule has 0 amide bonds. The van der Waals surface area contributed by atoms with Gasteiger partial charge < -0.3 is 0 Å². The van der Waals surface area contributed by atoms with Crippen molar-refractivity contribution < 1.29 is 0 Å². The van der Waals surface area contributed by atoms with Crippen LogP contribution in [0.3, 0.4) is 0 Å². The third-order valence-electron chi connectivity index (χ3n) is 12.4. The summed E-state index contributed by atoms with van der Waals surface area (Å²) in [6.07, 6.45) is 0. The monoisotopic (exact) mass is 630 g/mol. The molecule has 0 atom stereocenters. The molecule has 0 N–H and O–H groups in total. The molecule has 3 aliphatic rings. The average Bonchev–Trinajstić information content (AvgIpc) is 3.72. The number of benzene rings is 9. The highest BCUT2D eigenvalue weighted by atomic mass is 14.7. The van der Waals surface area contributed by atoms with E-state index in [2.05, 4.69) is 182 Å². The summed E-state index contributed by atoms with van der Waals surface area (Å²) in [5, 5.41) is 8.26. The van der Waals surface area contributed by atoms with Crippen LogP contribution < -0.4 is 0 Å². The molecule has 0 heterocycles. The highest BCUT2D eigenvalue weighted by Gasteiger charge is 2.70. The number of rotatable bonds is 3. The van der Waals surface area contributed by atoms with Gasteiger partial charge in [0.25, 0.3) is 0 Å². The van der Waals surface area contributed by atoms with Gasteiger partial charge in [0.2, 0.25) is 0 Å². The van der Waals surface area contributed by atoms with Crippen LogP contribution >= 0.6 is 0 Å². The second kappa shape index (κ2) is 9.26. The predicted octanol–water partition coefficient (Wildman–Crippen LogP) is 12.5. The lowest BCUT2D eigenvalue weighted by Crippen LogP contribution is -2.42. The van der Waals surface area contributed by atoms with E-state index < -0.39 is 10.8 Å². The van der Waals surface area contributed by atoms with E-state index in [1.54, 1.807) is 0 Å². The van der Waals surface area contributed by atoms with Gasteiger partial charge in [-0.3, -0.25) is 0 Å². The normalized spacial score (nSPS) is 19.0. The molecule has 0 aliphatic heterocycles. The van der Waals surface area contributed by atoms with Gasteiger partial charge in [0.15, 0.2) is 0 Å². The second-order valence-corrected chi connectivity index (χ2v) is 14.3. The van der Waals surface area contributed by atoms with E-state index in [1.165, 1.54) is 99.1 Å². The van der Waals surface area contributed by atoms with Gasteiger partial charge in [0.05, 0.1) is 10.8 Å². The molecule has 0 radical (unpaired) electrons. The minimum absolute atomic E-state index is 0.404. The summed E-state index contributed by atoms with van der Waals surface area (Å²) in [6.45, 7) is 0. The molecule has 0 unspecified atom stereocenters. The molecule has 0 nitrogen and oxygen atoms in total. The smallest absolute Gasteiger partial charge is 0.0622 e. The summed E-state index contributed by atoms with van der Waals surface area (Å²) in [4.78, 5) is 0. The van der Waals surface area contributed by atoms with Crippen molar-refractivity contribution in [3.8, 4) is 33.4 Å². The Morgan fingerprint density at radius 2 is 0.500 bits per heavy atom. The Bertz CT molecular complexity index is 2540. The summed E-state index contributed by atoms with van der Waals surface area (Å²) in [7, 11) is 0. The van der Waals surface area contributed by atoms with Crippen molar-refractivity contribution in [2.24, 2.45) is 0 Å². The molecule has 0 spiro atoms. The van der Waals surface area contributed by atoms with Crippen molar-refractivity contribution in [1.82, 2.24) is 0 Å². The molecule has 0 heteroatoms. The highest BCUT2D eigenvalue weighted by molar-refractivity contribution is 6.17. The molecule has 9 aromatic rings. The highest BCUT2D eigenvalue weighted by Crippen LogP contribution is 2.76. The predicted molar refractivity (Wildman–Crippen MR) is 208 cm³/mol. The third-order valence-corrected chi connectivity index (χ3v) is 12.4. The van der Waals surface area contributed by atoms with Gasteiger partial charge in [0.1, 0.15) is 0 Å². The average molecular weight is 631 g/mol. The van der Waals surface area contributed by atoms with Gasteiger partial charge in [0, 0.05) is 0 Å². The first-order valence-electron chi connectivity index (χ1n) is 17.7. The quantitative estimate of drug-likeness (QED) is 0.182. The van der Waals surface area contributed by atoms with E-state index in [-0.39, 0.29) is 0 Å². The van der Waals surface area contributed by atoms with Gasteiger partial charge in [-0.1, -0.05) is 182 Å². The molecular weight excluding hydrogens is 601 g/mol. The Hall–Kier alpha value is -6.24. The van der Waals surface area contributed by atoms with Crippen LogP contribution in [0, 0.1) is 0 Å². The number of hydrogen-bond donors (Lipinski definition) is 0. The fraction of sp³-hybridized carbons (Fsp3) is 0.0400. The van der Waals surface area contributed by atoms with Crippen LogP contribution in [0.2, 0.25) is 0 Å². The van der Waals surface area contributed by atoms with E-state index in [1.807, 2.05) is 0 Å². The van der Waals surface area contributed by atoms with E-state index in [9.17, 15) is 0 Å². The van der Waals surface area contributed by atoms with E-state index in [4.69, 9.17) is 0 Å². The molecular formula is C50H30. The molecule has 0 saturated carbocycles. The van der Waals surface area contributed by atoms with Crippen molar-refractivity contribution in [2.45, 2.75) is 10.8 Å². The van der Waals surface area contributed by atoms with Crippen molar-refractivity contribution in [1.29, 1.82) is 0 Å². The topological polar surface area (TPSA) is 0 Å². The maximum absolute atomic E-state index is 2.49. The summed E-state index contributed by atoms with van der Waals surface area (Å²) in [5.41, 5.74) is 15.4. The first-order chi connectivity index (χ1) is 24.8. The molecule has 12 rings (SSSR count). The third kappa shape index (κ3) is 2.86. The van der Waals surface area contributed by atoms with E-state index in [0.29, 0.717) is 0 Å². The largest absolute Gasteiger partial charge is 0.0648 e. The molecule has 0 fully saturated rings. The molecule has 9 aromatic carbocycles. The van der Waals surface area contributed by atoms with Crippen LogP contribution in [-0.2, 0) is 10.8 Å². The zero-order valence-corrected chi connectivity index (χ0v) is 27.3. The minimum Gasteiger partial charge on any atom is -0.0622 e. The fourth-order valence-electron chi connectivity index (χ4n) is 10.8. The lowest BCUT2D eigenvalue weighted by molar-refractivity contribution is 0.492. The summed E-state index contributed by atoms with van der Waals surface area (Å²) in [6, 6.07) is 68.8. The molecule has 0 bridgehead atoms. The Labute approximate surface area is 290 Å².